The summed E-state index contributed by atoms with van der Waals surface area (Å²) < 4.78 is 21.9. The lowest BCUT2D eigenvalue weighted by Crippen LogP contribution is -2.26. The van der Waals surface area contributed by atoms with Crippen LogP contribution in [0.4, 0.5) is 0 Å². The van der Waals surface area contributed by atoms with E-state index in [0.717, 1.165) is 5.56 Å². The molecule has 1 atom stereocenters. The number of methoxy groups -OCH3 is 2. The van der Waals surface area contributed by atoms with Gasteiger partial charge in [-0.2, -0.15) is 0 Å². The van der Waals surface area contributed by atoms with E-state index in [1.54, 1.807) is 38.5 Å². The van der Waals surface area contributed by atoms with E-state index >= 15 is 0 Å². The summed E-state index contributed by atoms with van der Waals surface area (Å²) in [4.78, 5) is 12.6. The molecule has 2 aromatic carbocycles. The summed E-state index contributed by atoms with van der Waals surface area (Å²) >= 11 is 18.1. The van der Waals surface area contributed by atoms with Gasteiger partial charge in [-0.15, -0.1) is 0 Å². The average Bonchev–Trinajstić information content (AvgIpc) is 3.21. The summed E-state index contributed by atoms with van der Waals surface area (Å²) in [6, 6.07) is 11.3. The normalized spacial score (nSPS) is 11.7. The molecule has 0 aliphatic rings. The fraction of sp³-hybridized carbons (Fsp3) is 0.227. The van der Waals surface area contributed by atoms with Crippen molar-refractivity contribution in [1.82, 2.24) is 5.32 Å². The fourth-order valence-corrected chi connectivity index (χ4v) is 3.84. The van der Waals surface area contributed by atoms with Crippen LogP contribution in [0, 0.1) is 0 Å². The highest BCUT2D eigenvalue weighted by Gasteiger charge is 2.19. The second-order valence-corrected chi connectivity index (χ2v) is 7.81. The van der Waals surface area contributed by atoms with Crippen molar-refractivity contribution in [2.75, 3.05) is 14.2 Å². The zero-order valence-electron chi connectivity index (χ0n) is 17.0. The van der Waals surface area contributed by atoms with Gasteiger partial charge in [0.2, 0.25) is 0 Å². The van der Waals surface area contributed by atoms with Crippen LogP contribution in [0.25, 0.3) is 0 Å². The van der Waals surface area contributed by atoms with Crippen LogP contribution in [-0.2, 0) is 6.61 Å². The Bertz CT molecular complexity index is 1060. The summed E-state index contributed by atoms with van der Waals surface area (Å²) in [5.41, 5.74) is 0.775. The van der Waals surface area contributed by atoms with E-state index in [1.807, 2.05) is 13.0 Å². The monoisotopic (exact) mass is 483 g/mol. The van der Waals surface area contributed by atoms with Gasteiger partial charge < -0.3 is 23.9 Å². The summed E-state index contributed by atoms with van der Waals surface area (Å²) in [5.74, 6) is 1.77. The Hall–Kier alpha value is -2.54. The molecule has 0 radical (unpaired) electrons. The first-order chi connectivity index (χ1) is 14.8. The minimum Gasteiger partial charge on any atom is -0.497 e. The molecule has 3 rings (SSSR count). The Labute approximate surface area is 194 Å². The van der Waals surface area contributed by atoms with E-state index in [1.165, 1.54) is 12.1 Å². The topological polar surface area (TPSA) is 69.9 Å². The van der Waals surface area contributed by atoms with Crippen LogP contribution in [0.15, 0.2) is 46.9 Å². The Morgan fingerprint density at radius 2 is 1.74 bits per heavy atom. The second-order valence-electron chi connectivity index (χ2n) is 6.56. The first kappa shape index (κ1) is 23.1. The van der Waals surface area contributed by atoms with Crippen LogP contribution in [0.2, 0.25) is 15.1 Å². The van der Waals surface area contributed by atoms with Gasteiger partial charge in [-0.3, -0.25) is 4.79 Å². The van der Waals surface area contributed by atoms with Crippen molar-refractivity contribution in [3.63, 3.8) is 0 Å². The van der Waals surface area contributed by atoms with Gasteiger partial charge in [-0.25, -0.2) is 0 Å². The highest BCUT2D eigenvalue weighted by molar-refractivity contribution is 6.40. The zero-order chi connectivity index (χ0) is 22.5. The molecule has 0 aliphatic heterocycles. The maximum Gasteiger partial charge on any atom is 0.287 e. The van der Waals surface area contributed by atoms with E-state index in [2.05, 4.69) is 5.32 Å². The third kappa shape index (κ3) is 5.58. The molecule has 1 N–H and O–H groups in total. The van der Waals surface area contributed by atoms with Gasteiger partial charge in [0.05, 0.1) is 30.3 Å². The number of halogens is 3. The average molecular weight is 485 g/mol. The molecule has 0 aliphatic carbocycles. The molecule has 0 bridgehead atoms. The van der Waals surface area contributed by atoms with Crippen LogP contribution in [0.5, 0.6) is 17.2 Å². The SMILES string of the molecule is COc1ccc(OC)c(C(C)NC(=O)c2ccc(COc3c(Cl)cc(Cl)cc3Cl)o2)c1. The quantitative estimate of drug-likeness (QED) is 0.405. The molecule has 0 saturated carbocycles. The summed E-state index contributed by atoms with van der Waals surface area (Å²) in [7, 11) is 3.14. The van der Waals surface area contributed by atoms with Gasteiger partial charge in [0, 0.05) is 10.6 Å². The number of carbonyl (C=O) groups excluding carboxylic acids is 1. The Kier molecular flexibility index (Phi) is 7.59. The molecule has 31 heavy (non-hydrogen) atoms. The largest absolute Gasteiger partial charge is 0.497 e. The molecule has 9 heteroatoms. The molecule has 0 fully saturated rings. The van der Waals surface area contributed by atoms with Crippen LogP contribution in [0.3, 0.4) is 0 Å². The van der Waals surface area contributed by atoms with Gasteiger partial charge in [0.1, 0.15) is 23.9 Å². The lowest BCUT2D eigenvalue weighted by molar-refractivity contribution is 0.0907. The molecule has 1 unspecified atom stereocenters. The van der Waals surface area contributed by atoms with Gasteiger partial charge >= 0.3 is 0 Å². The van der Waals surface area contributed by atoms with Crippen molar-refractivity contribution in [3.05, 3.63) is 74.6 Å². The number of furan rings is 1. The predicted octanol–water partition coefficient (Wildman–Crippen LogP) is 6.33. The molecule has 1 amide bonds. The standard InChI is InChI=1S/C22H20Cl3NO5/c1-12(16-10-14(28-2)4-6-19(16)29-3)26-22(27)20-7-5-15(31-20)11-30-21-17(24)8-13(23)9-18(21)25/h4-10,12H,11H2,1-3H3,(H,26,27). The van der Waals surface area contributed by atoms with Gasteiger partial charge in [-0.1, -0.05) is 34.8 Å². The molecule has 0 spiro atoms. The third-order valence-electron chi connectivity index (χ3n) is 4.46. The Balaban J connectivity index is 1.67. The maximum absolute atomic E-state index is 12.6. The molecule has 3 aromatic rings. The molecule has 1 aromatic heterocycles. The van der Waals surface area contributed by atoms with Crippen molar-refractivity contribution < 1.29 is 23.4 Å². The predicted molar refractivity (Wildman–Crippen MR) is 120 cm³/mol. The number of carbonyl (C=O) groups is 1. The van der Waals surface area contributed by atoms with Crippen molar-refractivity contribution >= 4 is 40.7 Å². The number of nitrogens with one attached hydrogen (secondary N) is 1. The van der Waals surface area contributed by atoms with Crippen LogP contribution < -0.4 is 19.5 Å². The maximum atomic E-state index is 12.6. The minimum atomic E-state index is -0.383. The number of hydrogen-bond donors (Lipinski definition) is 1. The van der Waals surface area contributed by atoms with Gasteiger partial charge in [0.15, 0.2) is 11.5 Å². The van der Waals surface area contributed by atoms with E-state index in [-0.39, 0.29) is 40.1 Å². The van der Waals surface area contributed by atoms with Gasteiger partial charge in [0.25, 0.3) is 5.91 Å². The minimum absolute atomic E-state index is 0.0353. The molecular formula is C22H20Cl3NO5. The molecule has 164 valence electrons. The first-order valence-electron chi connectivity index (χ1n) is 9.21. The van der Waals surface area contributed by atoms with Crippen LogP contribution in [0.1, 0.15) is 34.8 Å². The highest BCUT2D eigenvalue weighted by Crippen LogP contribution is 2.36. The number of benzene rings is 2. The first-order valence-corrected chi connectivity index (χ1v) is 10.3. The number of rotatable bonds is 8. The molecular weight excluding hydrogens is 465 g/mol. The Morgan fingerprint density at radius 3 is 2.39 bits per heavy atom. The smallest absolute Gasteiger partial charge is 0.287 e. The molecule has 1 heterocycles. The van der Waals surface area contributed by atoms with E-state index in [4.69, 9.17) is 53.4 Å². The highest BCUT2D eigenvalue weighted by atomic mass is 35.5. The summed E-state index contributed by atoms with van der Waals surface area (Å²) in [5, 5.41) is 3.85. The number of hydrogen-bond acceptors (Lipinski definition) is 5. The molecule has 6 nitrogen and oxygen atoms in total. The summed E-state index contributed by atoms with van der Waals surface area (Å²) in [6.07, 6.45) is 0. The number of ether oxygens (including phenoxy) is 3. The summed E-state index contributed by atoms with van der Waals surface area (Å²) in [6.45, 7) is 1.88. The van der Waals surface area contributed by atoms with E-state index < -0.39 is 0 Å². The van der Waals surface area contributed by atoms with E-state index in [9.17, 15) is 4.79 Å². The fourth-order valence-electron chi connectivity index (χ4n) is 2.91. The Morgan fingerprint density at radius 1 is 1.03 bits per heavy atom. The van der Waals surface area contributed by atoms with Crippen molar-refractivity contribution in [2.24, 2.45) is 0 Å². The van der Waals surface area contributed by atoms with Crippen LogP contribution in [-0.4, -0.2) is 20.1 Å². The van der Waals surface area contributed by atoms with E-state index in [0.29, 0.717) is 22.3 Å². The third-order valence-corrected chi connectivity index (χ3v) is 5.24. The van der Waals surface area contributed by atoms with Gasteiger partial charge in [-0.05, 0) is 49.4 Å². The van der Waals surface area contributed by atoms with Crippen LogP contribution >= 0.6 is 34.8 Å². The molecule has 0 saturated heterocycles. The van der Waals surface area contributed by atoms with Crippen molar-refractivity contribution in [2.45, 2.75) is 19.6 Å². The van der Waals surface area contributed by atoms with Crippen molar-refractivity contribution in [1.29, 1.82) is 0 Å². The number of amides is 1. The lowest BCUT2D eigenvalue weighted by atomic mass is 10.1. The lowest BCUT2D eigenvalue weighted by Gasteiger charge is -2.17. The zero-order valence-corrected chi connectivity index (χ0v) is 19.3. The second kappa shape index (κ2) is 10.2. The van der Waals surface area contributed by atoms with Crippen molar-refractivity contribution in [3.8, 4) is 17.2 Å².